The van der Waals surface area contributed by atoms with E-state index < -0.39 is 21.9 Å². The van der Waals surface area contributed by atoms with Crippen molar-refractivity contribution in [1.29, 1.82) is 0 Å². The highest BCUT2D eigenvalue weighted by Gasteiger charge is 2.31. The fraction of sp³-hybridized carbons (Fsp3) is 0.300. The number of aryl methyl sites for hydroxylation is 1. The maximum Gasteiger partial charge on any atom is 0.339 e. The van der Waals surface area contributed by atoms with Crippen molar-refractivity contribution in [2.45, 2.75) is 36.8 Å². The third kappa shape index (κ3) is 4.74. The maximum absolute atomic E-state index is 12.7. The Kier molecular flexibility index (Phi) is 5.32. The molecule has 2 aromatic carbocycles. The van der Waals surface area contributed by atoms with Gasteiger partial charge in [0, 0.05) is 17.9 Å². The normalized spacial score (nSPS) is 15.0. The van der Waals surface area contributed by atoms with Gasteiger partial charge in [-0.1, -0.05) is 36.4 Å². The summed E-state index contributed by atoms with van der Waals surface area (Å²) in [6.45, 7) is 1.68. The number of amides is 1. The topological polar surface area (TPSA) is 89.5 Å². The van der Waals surface area contributed by atoms with E-state index in [-0.39, 0.29) is 22.4 Å². The summed E-state index contributed by atoms with van der Waals surface area (Å²) >= 11 is 0. The Hall–Kier alpha value is -2.67. The predicted molar refractivity (Wildman–Crippen MR) is 100 cm³/mol. The monoisotopic (exact) mass is 387 g/mol. The van der Waals surface area contributed by atoms with Gasteiger partial charge < -0.3 is 10.1 Å². The van der Waals surface area contributed by atoms with Crippen LogP contribution in [0, 0.1) is 6.92 Å². The van der Waals surface area contributed by atoms with Gasteiger partial charge in [-0.15, -0.1) is 0 Å². The third-order valence-electron chi connectivity index (χ3n) is 4.35. The number of nitrogens with one attached hydrogen (secondary N) is 1. The minimum Gasteiger partial charge on any atom is -0.444 e. The number of carbonyl (C=O) groups is 2. The van der Waals surface area contributed by atoms with Crippen LogP contribution in [0.5, 0.6) is 0 Å². The molecule has 3 rings (SSSR count). The van der Waals surface area contributed by atoms with Gasteiger partial charge in [0.05, 0.1) is 10.5 Å². The standard InChI is InChI=1S/C20H21NO5S/c1-13-8-11-16(27(2,24)25)12-17(13)20(23)26-18(14-6-4-3-5-7-14)19(22)21-15-9-10-15/h3-8,11-12,15,18H,9-10H2,1-2H3,(H,21,22). The molecule has 1 unspecified atom stereocenters. The quantitative estimate of drug-likeness (QED) is 0.770. The Morgan fingerprint density at radius 1 is 1.11 bits per heavy atom. The number of benzene rings is 2. The van der Waals surface area contributed by atoms with Crippen LogP contribution < -0.4 is 5.32 Å². The van der Waals surface area contributed by atoms with Gasteiger partial charge in [0.2, 0.25) is 6.10 Å². The van der Waals surface area contributed by atoms with E-state index in [9.17, 15) is 18.0 Å². The summed E-state index contributed by atoms with van der Waals surface area (Å²) in [5.74, 6) is -1.12. The minimum atomic E-state index is -3.47. The lowest BCUT2D eigenvalue weighted by Gasteiger charge is -2.19. The van der Waals surface area contributed by atoms with Gasteiger partial charge in [-0.25, -0.2) is 13.2 Å². The molecule has 1 aliphatic carbocycles. The number of esters is 1. The van der Waals surface area contributed by atoms with Crippen LogP contribution >= 0.6 is 0 Å². The molecule has 6 nitrogen and oxygen atoms in total. The SMILES string of the molecule is Cc1ccc(S(C)(=O)=O)cc1C(=O)OC(C(=O)NC1CC1)c1ccccc1. The molecule has 0 aromatic heterocycles. The number of rotatable bonds is 6. The van der Waals surface area contributed by atoms with Gasteiger partial charge in [-0.2, -0.15) is 0 Å². The van der Waals surface area contributed by atoms with E-state index in [1.807, 2.05) is 0 Å². The van der Waals surface area contributed by atoms with Gasteiger partial charge >= 0.3 is 5.97 Å². The van der Waals surface area contributed by atoms with Crippen LogP contribution in [0.25, 0.3) is 0 Å². The van der Waals surface area contributed by atoms with E-state index >= 15 is 0 Å². The van der Waals surface area contributed by atoms with Gasteiger partial charge in [-0.05, 0) is 37.5 Å². The summed E-state index contributed by atoms with van der Waals surface area (Å²) in [7, 11) is -3.47. The molecular formula is C20H21NO5S. The zero-order valence-corrected chi connectivity index (χ0v) is 16.0. The van der Waals surface area contributed by atoms with E-state index in [0.717, 1.165) is 19.1 Å². The summed E-state index contributed by atoms with van der Waals surface area (Å²) in [5.41, 5.74) is 1.25. The third-order valence-corrected chi connectivity index (χ3v) is 5.46. The molecule has 1 fully saturated rings. The van der Waals surface area contributed by atoms with Crippen molar-refractivity contribution in [2.75, 3.05) is 6.26 Å². The van der Waals surface area contributed by atoms with E-state index in [2.05, 4.69) is 5.32 Å². The summed E-state index contributed by atoms with van der Waals surface area (Å²) in [6, 6.07) is 13.2. The van der Waals surface area contributed by atoms with Crippen molar-refractivity contribution in [2.24, 2.45) is 0 Å². The van der Waals surface area contributed by atoms with Crippen molar-refractivity contribution in [3.63, 3.8) is 0 Å². The second kappa shape index (κ2) is 7.52. The van der Waals surface area contributed by atoms with Crippen molar-refractivity contribution < 1.29 is 22.7 Å². The van der Waals surface area contributed by atoms with Crippen LogP contribution in [-0.2, 0) is 19.4 Å². The Bertz CT molecular complexity index is 965. The number of hydrogen-bond acceptors (Lipinski definition) is 5. The molecule has 0 bridgehead atoms. The average Bonchev–Trinajstić information content (AvgIpc) is 3.43. The zero-order valence-electron chi connectivity index (χ0n) is 15.1. The lowest BCUT2D eigenvalue weighted by atomic mass is 10.1. The van der Waals surface area contributed by atoms with Crippen molar-refractivity contribution in [3.05, 3.63) is 65.2 Å². The number of carbonyl (C=O) groups excluding carboxylic acids is 2. The van der Waals surface area contributed by atoms with Gasteiger partial charge in [-0.3, -0.25) is 4.79 Å². The molecule has 142 valence electrons. The lowest BCUT2D eigenvalue weighted by molar-refractivity contribution is -0.130. The fourth-order valence-electron chi connectivity index (χ4n) is 2.63. The van der Waals surface area contributed by atoms with Crippen LogP contribution in [0.2, 0.25) is 0 Å². The van der Waals surface area contributed by atoms with E-state index in [1.54, 1.807) is 43.3 Å². The summed E-state index contributed by atoms with van der Waals surface area (Å²) in [4.78, 5) is 25.4. The molecule has 1 atom stereocenters. The first kappa shape index (κ1) is 19.1. The molecule has 2 aromatic rings. The molecule has 0 saturated heterocycles. The van der Waals surface area contributed by atoms with E-state index in [1.165, 1.54) is 12.1 Å². The molecule has 1 amide bonds. The molecule has 1 saturated carbocycles. The highest BCUT2D eigenvalue weighted by molar-refractivity contribution is 7.90. The second-order valence-electron chi connectivity index (χ2n) is 6.73. The number of hydrogen-bond donors (Lipinski definition) is 1. The molecule has 0 radical (unpaired) electrons. The Labute approximate surface area is 158 Å². The van der Waals surface area contributed by atoms with Crippen LogP contribution in [0.15, 0.2) is 53.4 Å². The highest BCUT2D eigenvalue weighted by Crippen LogP contribution is 2.25. The zero-order chi connectivity index (χ0) is 19.6. The smallest absolute Gasteiger partial charge is 0.339 e. The summed E-state index contributed by atoms with van der Waals surface area (Å²) in [5, 5.41) is 2.85. The number of sulfone groups is 1. The molecule has 1 N–H and O–H groups in total. The van der Waals surface area contributed by atoms with Crippen LogP contribution in [0.4, 0.5) is 0 Å². The molecule has 0 aliphatic heterocycles. The van der Waals surface area contributed by atoms with Gasteiger partial charge in [0.15, 0.2) is 9.84 Å². The van der Waals surface area contributed by atoms with Crippen molar-refractivity contribution >= 4 is 21.7 Å². The average molecular weight is 387 g/mol. The van der Waals surface area contributed by atoms with Gasteiger partial charge in [0.1, 0.15) is 0 Å². The van der Waals surface area contributed by atoms with Gasteiger partial charge in [0.25, 0.3) is 5.91 Å². The molecule has 27 heavy (non-hydrogen) atoms. The van der Waals surface area contributed by atoms with Crippen molar-refractivity contribution in [1.82, 2.24) is 5.32 Å². The first-order chi connectivity index (χ1) is 12.8. The fourth-order valence-corrected chi connectivity index (χ4v) is 3.27. The molecule has 7 heteroatoms. The Balaban J connectivity index is 1.89. The molecule has 0 heterocycles. The van der Waals surface area contributed by atoms with Crippen molar-refractivity contribution in [3.8, 4) is 0 Å². The van der Waals surface area contributed by atoms with Crippen LogP contribution in [-0.4, -0.2) is 32.6 Å². The maximum atomic E-state index is 12.7. The minimum absolute atomic E-state index is 0.0266. The first-order valence-electron chi connectivity index (χ1n) is 8.63. The first-order valence-corrected chi connectivity index (χ1v) is 10.5. The Morgan fingerprint density at radius 3 is 2.37 bits per heavy atom. The van der Waals surface area contributed by atoms with Crippen LogP contribution in [0.1, 0.15) is 40.4 Å². The van der Waals surface area contributed by atoms with E-state index in [0.29, 0.717) is 11.1 Å². The molecule has 0 spiro atoms. The Morgan fingerprint density at radius 2 is 1.78 bits per heavy atom. The van der Waals surface area contributed by atoms with Crippen LogP contribution in [0.3, 0.4) is 0 Å². The predicted octanol–water partition coefficient (Wildman–Crippen LogP) is 2.58. The summed E-state index contributed by atoms with van der Waals surface area (Å²) in [6.07, 6.45) is 1.80. The highest BCUT2D eigenvalue weighted by atomic mass is 32.2. The second-order valence-corrected chi connectivity index (χ2v) is 8.74. The van der Waals surface area contributed by atoms with E-state index in [4.69, 9.17) is 4.74 Å². The lowest BCUT2D eigenvalue weighted by Crippen LogP contribution is -2.33. The number of ether oxygens (including phenoxy) is 1. The largest absolute Gasteiger partial charge is 0.444 e. The summed E-state index contributed by atoms with van der Waals surface area (Å²) < 4.78 is 29.1. The molecule has 1 aliphatic rings. The molecular weight excluding hydrogens is 366 g/mol.